The number of alkyl halides is 3. The normalized spacial score (nSPS) is 21.8. The summed E-state index contributed by atoms with van der Waals surface area (Å²) < 4.78 is 42.9. The van der Waals surface area contributed by atoms with Gasteiger partial charge in [0.15, 0.2) is 0 Å². The maximum absolute atomic E-state index is 12.6. The molecule has 2 heterocycles. The molecule has 0 bridgehead atoms. The van der Waals surface area contributed by atoms with Crippen LogP contribution >= 0.6 is 0 Å². The van der Waals surface area contributed by atoms with Crippen LogP contribution < -0.4 is 4.90 Å². The zero-order valence-electron chi connectivity index (χ0n) is 13.5. The van der Waals surface area contributed by atoms with Gasteiger partial charge in [0.1, 0.15) is 5.82 Å². The van der Waals surface area contributed by atoms with Crippen LogP contribution in [0.4, 0.5) is 19.0 Å². The Balaban J connectivity index is 2.14. The van der Waals surface area contributed by atoms with Crippen LogP contribution in [0.2, 0.25) is 0 Å². The lowest BCUT2D eigenvalue weighted by molar-refractivity contribution is -0.150. The van der Waals surface area contributed by atoms with E-state index in [-0.39, 0.29) is 6.54 Å². The molecule has 1 aromatic rings. The number of nitrogens with zero attached hydrogens (tertiary/aromatic N) is 2. The van der Waals surface area contributed by atoms with E-state index in [0.29, 0.717) is 44.7 Å². The van der Waals surface area contributed by atoms with Gasteiger partial charge in [0.05, 0.1) is 11.0 Å². The number of rotatable bonds is 6. The fraction of sp³-hybridized carbons (Fsp3) is 0.625. The Morgan fingerprint density at radius 1 is 1.46 bits per heavy atom. The molecule has 134 valence electrons. The highest BCUT2D eigenvalue weighted by molar-refractivity contribution is 5.76. The first-order valence-corrected chi connectivity index (χ1v) is 7.79. The highest BCUT2D eigenvalue weighted by atomic mass is 19.4. The number of methoxy groups -OCH3 is 1. The van der Waals surface area contributed by atoms with E-state index in [9.17, 15) is 23.1 Å². The summed E-state index contributed by atoms with van der Waals surface area (Å²) in [5, 5.41) is 9.67. The fourth-order valence-electron chi connectivity index (χ4n) is 3.11. The third-order valence-corrected chi connectivity index (χ3v) is 4.43. The smallest absolute Gasteiger partial charge is 0.417 e. The molecule has 1 saturated heterocycles. The van der Waals surface area contributed by atoms with Crippen LogP contribution in [0.25, 0.3) is 0 Å². The summed E-state index contributed by atoms with van der Waals surface area (Å²) in [4.78, 5) is 17.4. The number of hydrogen-bond acceptors (Lipinski definition) is 4. The topological polar surface area (TPSA) is 62.7 Å². The van der Waals surface area contributed by atoms with Crippen molar-refractivity contribution in [1.29, 1.82) is 0 Å². The van der Waals surface area contributed by atoms with Crippen LogP contribution in [-0.2, 0) is 15.7 Å². The van der Waals surface area contributed by atoms with Crippen LogP contribution in [0, 0.1) is 5.41 Å². The molecule has 8 heteroatoms. The average Bonchev–Trinajstić information content (AvgIpc) is 2.54. The molecule has 1 atom stereocenters. The van der Waals surface area contributed by atoms with Crippen molar-refractivity contribution in [3.8, 4) is 0 Å². The molecule has 0 radical (unpaired) electrons. The second-order valence-electron chi connectivity index (χ2n) is 6.11. The number of carboxylic acids is 1. The summed E-state index contributed by atoms with van der Waals surface area (Å²) in [6, 6.07) is 2.28. The van der Waals surface area contributed by atoms with Crippen LogP contribution in [0.15, 0.2) is 18.3 Å². The lowest BCUT2D eigenvalue weighted by atomic mass is 9.76. The van der Waals surface area contributed by atoms with E-state index in [1.54, 1.807) is 12.0 Å². The Kier molecular flexibility index (Phi) is 5.69. The van der Waals surface area contributed by atoms with Gasteiger partial charge in [-0.25, -0.2) is 4.98 Å². The van der Waals surface area contributed by atoms with Crippen LogP contribution in [0.3, 0.4) is 0 Å². The third kappa shape index (κ3) is 4.17. The Bertz CT molecular complexity index is 563. The molecule has 24 heavy (non-hydrogen) atoms. The summed E-state index contributed by atoms with van der Waals surface area (Å²) in [6.07, 6.45) is -1.36. The summed E-state index contributed by atoms with van der Waals surface area (Å²) >= 11 is 0. The van der Waals surface area contributed by atoms with Gasteiger partial charge >= 0.3 is 12.1 Å². The number of pyridine rings is 1. The van der Waals surface area contributed by atoms with E-state index >= 15 is 0 Å². The number of carboxylic acid groups (broad SMARTS) is 1. The molecule has 0 saturated carbocycles. The van der Waals surface area contributed by atoms with Crippen molar-refractivity contribution in [3.05, 3.63) is 23.9 Å². The zero-order valence-corrected chi connectivity index (χ0v) is 13.5. The van der Waals surface area contributed by atoms with E-state index in [4.69, 9.17) is 4.74 Å². The number of carbonyl (C=O) groups is 1. The van der Waals surface area contributed by atoms with Gasteiger partial charge in [-0.2, -0.15) is 13.2 Å². The second kappa shape index (κ2) is 7.38. The van der Waals surface area contributed by atoms with Gasteiger partial charge in [-0.05, 0) is 37.8 Å². The predicted molar refractivity (Wildman–Crippen MR) is 81.9 cm³/mol. The number of ether oxygens (including phenoxy) is 1. The molecule has 1 aliphatic heterocycles. The van der Waals surface area contributed by atoms with Crippen LogP contribution in [-0.4, -0.2) is 42.9 Å². The van der Waals surface area contributed by atoms with Gasteiger partial charge < -0.3 is 14.7 Å². The monoisotopic (exact) mass is 346 g/mol. The Labute approximate surface area is 138 Å². The van der Waals surface area contributed by atoms with E-state index in [0.717, 1.165) is 12.3 Å². The SMILES string of the molecule is COCCC[C@]1(C(=O)O)CCCN(c2ccc(C(F)(F)F)cn2)C1. The van der Waals surface area contributed by atoms with Crippen molar-refractivity contribution in [2.24, 2.45) is 5.41 Å². The van der Waals surface area contributed by atoms with E-state index < -0.39 is 23.1 Å². The van der Waals surface area contributed by atoms with Crippen molar-refractivity contribution in [2.75, 3.05) is 31.7 Å². The first kappa shape index (κ1) is 18.5. The van der Waals surface area contributed by atoms with Crippen molar-refractivity contribution in [1.82, 2.24) is 4.98 Å². The van der Waals surface area contributed by atoms with Crippen molar-refractivity contribution in [2.45, 2.75) is 31.9 Å². The lowest BCUT2D eigenvalue weighted by Gasteiger charge is -2.40. The van der Waals surface area contributed by atoms with E-state index in [2.05, 4.69) is 4.98 Å². The molecule has 1 aromatic heterocycles. The van der Waals surface area contributed by atoms with Gasteiger partial charge in [0.2, 0.25) is 0 Å². The molecular formula is C16H21F3N2O3. The summed E-state index contributed by atoms with van der Waals surface area (Å²) in [6.45, 7) is 1.30. The number of aliphatic carboxylic acids is 1. The van der Waals surface area contributed by atoms with Crippen molar-refractivity contribution in [3.63, 3.8) is 0 Å². The quantitative estimate of drug-likeness (QED) is 0.802. The van der Waals surface area contributed by atoms with Crippen molar-refractivity contribution >= 4 is 11.8 Å². The van der Waals surface area contributed by atoms with Gasteiger partial charge in [0.25, 0.3) is 0 Å². The average molecular weight is 346 g/mol. The first-order chi connectivity index (χ1) is 11.3. The van der Waals surface area contributed by atoms with Gasteiger partial charge in [-0.1, -0.05) is 0 Å². The molecule has 1 aliphatic rings. The maximum Gasteiger partial charge on any atom is 0.417 e. The minimum atomic E-state index is -4.43. The largest absolute Gasteiger partial charge is 0.481 e. The number of piperidine rings is 1. The predicted octanol–water partition coefficient (Wildman–Crippen LogP) is 3.20. The summed E-state index contributed by atoms with van der Waals surface area (Å²) in [5.74, 6) is -0.504. The van der Waals surface area contributed by atoms with Crippen LogP contribution in [0.1, 0.15) is 31.2 Å². The molecule has 0 amide bonds. The van der Waals surface area contributed by atoms with Crippen molar-refractivity contribution < 1.29 is 27.8 Å². The zero-order chi connectivity index (χ0) is 17.8. The van der Waals surface area contributed by atoms with E-state index in [1.165, 1.54) is 6.07 Å². The standard InChI is InChI=1S/C16H21F3N2O3/c1-24-9-3-7-15(14(22)23)6-2-8-21(11-15)13-5-4-12(10-20-13)16(17,18)19/h4-5,10H,2-3,6-9,11H2,1H3,(H,22,23)/t15-/m1/s1. The molecule has 0 spiro atoms. The number of anilines is 1. The van der Waals surface area contributed by atoms with Gasteiger partial charge in [-0.15, -0.1) is 0 Å². The van der Waals surface area contributed by atoms with Gasteiger partial charge in [0, 0.05) is 33.0 Å². The fourth-order valence-corrected chi connectivity index (χ4v) is 3.11. The summed E-state index contributed by atoms with van der Waals surface area (Å²) in [7, 11) is 1.56. The first-order valence-electron chi connectivity index (χ1n) is 7.79. The molecule has 0 aromatic carbocycles. The molecule has 0 unspecified atom stereocenters. The second-order valence-corrected chi connectivity index (χ2v) is 6.11. The molecule has 1 N–H and O–H groups in total. The Hall–Kier alpha value is -1.83. The molecule has 5 nitrogen and oxygen atoms in total. The van der Waals surface area contributed by atoms with Crippen LogP contribution in [0.5, 0.6) is 0 Å². The third-order valence-electron chi connectivity index (χ3n) is 4.43. The lowest BCUT2D eigenvalue weighted by Crippen LogP contribution is -2.48. The number of halogens is 3. The molecular weight excluding hydrogens is 325 g/mol. The number of aromatic nitrogens is 1. The minimum Gasteiger partial charge on any atom is -0.481 e. The highest BCUT2D eigenvalue weighted by Crippen LogP contribution is 2.37. The molecule has 2 rings (SSSR count). The molecule has 0 aliphatic carbocycles. The minimum absolute atomic E-state index is 0.240. The maximum atomic E-state index is 12.6. The molecule has 1 fully saturated rings. The van der Waals surface area contributed by atoms with Gasteiger partial charge in [-0.3, -0.25) is 4.79 Å². The Morgan fingerprint density at radius 3 is 2.75 bits per heavy atom. The summed E-state index contributed by atoms with van der Waals surface area (Å²) in [5.41, 5.74) is -1.73. The highest BCUT2D eigenvalue weighted by Gasteiger charge is 2.42. The number of hydrogen-bond donors (Lipinski definition) is 1. The Morgan fingerprint density at radius 2 is 2.21 bits per heavy atom. The van der Waals surface area contributed by atoms with E-state index in [1.807, 2.05) is 0 Å².